The maximum atomic E-state index is 10.9. The van der Waals surface area contributed by atoms with Crippen LogP contribution in [-0.2, 0) is 14.3 Å². The molecule has 4 heteroatoms. The van der Waals surface area contributed by atoms with E-state index in [0.29, 0.717) is 6.61 Å². The van der Waals surface area contributed by atoms with Crippen LogP contribution in [0.15, 0.2) is 60.8 Å². The first kappa shape index (κ1) is 35.1. The van der Waals surface area contributed by atoms with Gasteiger partial charge in [-0.15, -0.1) is 0 Å². The monoisotopic (exact) mass is 516 g/mol. The highest BCUT2D eigenvalue weighted by Gasteiger charge is 2.10. The van der Waals surface area contributed by atoms with Gasteiger partial charge in [-0.3, -0.25) is 4.79 Å². The second kappa shape index (κ2) is 30.3. The third kappa shape index (κ3) is 30.2. The molecule has 0 fully saturated rings. The van der Waals surface area contributed by atoms with Gasteiger partial charge in [0.25, 0.3) is 0 Å². The van der Waals surface area contributed by atoms with Crippen LogP contribution in [-0.4, -0.2) is 37.0 Å². The molecule has 0 aliphatic rings. The van der Waals surface area contributed by atoms with Crippen molar-refractivity contribution in [1.29, 1.82) is 0 Å². The number of rotatable bonds is 26. The second-order valence-electron chi connectivity index (χ2n) is 9.52. The van der Waals surface area contributed by atoms with Gasteiger partial charge in [-0.1, -0.05) is 119 Å². The van der Waals surface area contributed by atoms with E-state index in [-0.39, 0.29) is 19.2 Å². The number of unbranched alkanes of at least 4 members (excludes halogenated alkanes) is 10. The molecule has 212 valence electrons. The van der Waals surface area contributed by atoms with Crippen LogP contribution < -0.4 is 0 Å². The number of aliphatic hydroxyl groups is 1. The Morgan fingerprint density at radius 3 is 1.54 bits per heavy atom. The van der Waals surface area contributed by atoms with Crippen molar-refractivity contribution in [3.8, 4) is 0 Å². The Balaban J connectivity index is 3.34. The van der Waals surface area contributed by atoms with E-state index in [4.69, 9.17) is 14.6 Å². The molecule has 0 aliphatic heterocycles. The topological polar surface area (TPSA) is 55.8 Å². The van der Waals surface area contributed by atoms with E-state index in [1.165, 1.54) is 71.1 Å². The molecular weight excluding hydrogens is 460 g/mol. The van der Waals surface area contributed by atoms with Crippen LogP contribution in [0.1, 0.15) is 117 Å². The molecule has 1 atom stereocenters. The molecule has 0 rings (SSSR count). The summed E-state index contributed by atoms with van der Waals surface area (Å²) in [7, 11) is 0. The Hall–Kier alpha value is -1.91. The van der Waals surface area contributed by atoms with Gasteiger partial charge in [0, 0.05) is 13.5 Å². The number of hydrogen-bond donors (Lipinski definition) is 1. The first-order valence-corrected chi connectivity index (χ1v) is 14.8. The van der Waals surface area contributed by atoms with E-state index in [2.05, 4.69) is 67.7 Å². The number of hydrogen-bond acceptors (Lipinski definition) is 4. The Bertz CT molecular complexity index is 630. The fourth-order valence-electron chi connectivity index (χ4n) is 3.82. The normalized spacial score (nSPS) is 13.3. The van der Waals surface area contributed by atoms with Gasteiger partial charge in [-0.25, -0.2) is 0 Å². The SMILES string of the molecule is CC/C=C\C/C=C\C/C=C\C/C=C\C/C=C\CCCCCCCCCCCCOCC(CO)OC(C)=O. The zero-order valence-corrected chi connectivity index (χ0v) is 24.0. The molecule has 0 aromatic rings. The van der Waals surface area contributed by atoms with Crippen molar-refractivity contribution < 1.29 is 19.4 Å². The molecule has 1 unspecified atom stereocenters. The van der Waals surface area contributed by atoms with Gasteiger partial charge >= 0.3 is 5.97 Å². The minimum Gasteiger partial charge on any atom is -0.458 e. The van der Waals surface area contributed by atoms with Gasteiger partial charge < -0.3 is 14.6 Å². The number of carbonyl (C=O) groups excluding carboxylic acids is 1. The van der Waals surface area contributed by atoms with Crippen LogP contribution in [0.2, 0.25) is 0 Å². The first-order valence-electron chi connectivity index (χ1n) is 14.8. The van der Waals surface area contributed by atoms with Gasteiger partial charge in [0.15, 0.2) is 0 Å². The summed E-state index contributed by atoms with van der Waals surface area (Å²) in [5.41, 5.74) is 0. The molecule has 0 saturated carbocycles. The third-order valence-electron chi connectivity index (χ3n) is 5.91. The summed E-state index contributed by atoms with van der Waals surface area (Å²) in [4.78, 5) is 10.9. The molecule has 0 spiro atoms. The van der Waals surface area contributed by atoms with Crippen molar-refractivity contribution >= 4 is 5.97 Å². The van der Waals surface area contributed by atoms with Gasteiger partial charge in [-0.05, 0) is 51.4 Å². The summed E-state index contributed by atoms with van der Waals surface area (Å²) in [6.45, 7) is 4.25. The van der Waals surface area contributed by atoms with Gasteiger partial charge in [0.05, 0.1) is 13.2 Å². The van der Waals surface area contributed by atoms with E-state index in [0.717, 1.165) is 38.5 Å². The highest BCUT2D eigenvalue weighted by Crippen LogP contribution is 2.12. The second-order valence-corrected chi connectivity index (χ2v) is 9.52. The van der Waals surface area contributed by atoms with E-state index in [1.807, 2.05) is 0 Å². The van der Waals surface area contributed by atoms with E-state index in [1.54, 1.807) is 0 Å². The van der Waals surface area contributed by atoms with Crippen molar-refractivity contribution in [3.63, 3.8) is 0 Å². The van der Waals surface area contributed by atoms with E-state index < -0.39 is 6.10 Å². The predicted molar refractivity (Wildman–Crippen MR) is 159 cm³/mol. The number of allylic oxidation sites excluding steroid dienone is 10. The molecule has 0 aliphatic carbocycles. The van der Waals surface area contributed by atoms with Crippen molar-refractivity contribution in [1.82, 2.24) is 0 Å². The molecule has 0 bridgehead atoms. The van der Waals surface area contributed by atoms with Crippen molar-refractivity contribution in [2.24, 2.45) is 0 Å². The molecule has 1 N–H and O–H groups in total. The molecule has 0 amide bonds. The third-order valence-corrected chi connectivity index (χ3v) is 5.91. The lowest BCUT2D eigenvalue weighted by atomic mass is 10.1. The smallest absolute Gasteiger partial charge is 0.303 e. The largest absolute Gasteiger partial charge is 0.458 e. The Morgan fingerprint density at radius 1 is 0.649 bits per heavy atom. The van der Waals surface area contributed by atoms with Crippen LogP contribution in [0.25, 0.3) is 0 Å². The zero-order valence-electron chi connectivity index (χ0n) is 24.0. The lowest BCUT2D eigenvalue weighted by Crippen LogP contribution is -2.26. The Morgan fingerprint density at radius 2 is 1.08 bits per heavy atom. The standard InChI is InChI=1S/C33H56O4/c1-3-4-5-6-7-8-9-10-11-12-13-14-15-16-17-18-19-20-21-22-23-24-25-26-27-28-29-36-31-33(30-34)37-32(2)35/h4-5,7-8,10-11,13-14,16-17,33-34H,3,6,9,12,15,18-31H2,1-2H3/b5-4-,8-7-,11-10-,14-13-,17-16-. The van der Waals surface area contributed by atoms with Crippen LogP contribution in [0.3, 0.4) is 0 Å². The lowest BCUT2D eigenvalue weighted by Gasteiger charge is -2.14. The van der Waals surface area contributed by atoms with E-state index >= 15 is 0 Å². The number of esters is 1. The van der Waals surface area contributed by atoms with Gasteiger partial charge in [0.1, 0.15) is 6.10 Å². The zero-order chi connectivity index (χ0) is 27.1. The Labute approximate surface area is 228 Å². The minimum atomic E-state index is -0.537. The quantitative estimate of drug-likeness (QED) is 0.0708. The fourth-order valence-corrected chi connectivity index (χ4v) is 3.82. The summed E-state index contributed by atoms with van der Waals surface area (Å²) in [6, 6.07) is 0. The summed E-state index contributed by atoms with van der Waals surface area (Å²) in [6.07, 6.45) is 41.2. The van der Waals surface area contributed by atoms with Crippen molar-refractivity contribution in [3.05, 3.63) is 60.8 Å². The highest BCUT2D eigenvalue weighted by molar-refractivity contribution is 5.66. The summed E-state index contributed by atoms with van der Waals surface area (Å²) < 4.78 is 10.4. The highest BCUT2D eigenvalue weighted by atomic mass is 16.6. The van der Waals surface area contributed by atoms with Gasteiger partial charge in [0.2, 0.25) is 0 Å². The van der Waals surface area contributed by atoms with Crippen LogP contribution in [0.4, 0.5) is 0 Å². The minimum absolute atomic E-state index is 0.192. The van der Waals surface area contributed by atoms with E-state index in [9.17, 15) is 4.79 Å². The number of aliphatic hydroxyl groups excluding tert-OH is 1. The Kier molecular flexibility index (Phi) is 28.7. The van der Waals surface area contributed by atoms with Crippen LogP contribution in [0, 0.1) is 0 Å². The lowest BCUT2D eigenvalue weighted by molar-refractivity contribution is -0.152. The van der Waals surface area contributed by atoms with Crippen molar-refractivity contribution in [2.75, 3.05) is 19.8 Å². The average molecular weight is 517 g/mol. The van der Waals surface area contributed by atoms with Crippen LogP contribution >= 0.6 is 0 Å². The first-order chi connectivity index (χ1) is 18.2. The molecule has 0 radical (unpaired) electrons. The molecule has 0 aromatic carbocycles. The molecular formula is C33H56O4. The number of carbonyl (C=O) groups is 1. The van der Waals surface area contributed by atoms with Crippen molar-refractivity contribution in [2.45, 2.75) is 123 Å². The summed E-state index contributed by atoms with van der Waals surface area (Å²) >= 11 is 0. The molecule has 0 saturated heterocycles. The summed E-state index contributed by atoms with van der Waals surface area (Å²) in [5, 5.41) is 9.11. The molecule has 0 aromatic heterocycles. The maximum absolute atomic E-state index is 10.9. The van der Waals surface area contributed by atoms with Crippen LogP contribution in [0.5, 0.6) is 0 Å². The summed E-state index contributed by atoms with van der Waals surface area (Å²) in [5.74, 6) is -0.382. The number of ether oxygens (including phenoxy) is 2. The molecule has 37 heavy (non-hydrogen) atoms. The molecule has 4 nitrogen and oxygen atoms in total. The maximum Gasteiger partial charge on any atom is 0.303 e. The predicted octanol–water partition coefficient (Wildman–Crippen LogP) is 8.97. The fraction of sp³-hybridized carbons (Fsp3) is 0.667. The van der Waals surface area contributed by atoms with Gasteiger partial charge in [-0.2, -0.15) is 0 Å². The average Bonchev–Trinajstić information content (AvgIpc) is 2.89. The molecule has 0 heterocycles.